The van der Waals surface area contributed by atoms with Crippen LogP contribution in [0.1, 0.15) is 31.7 Å². The SMILES string of the molecule is O=C(O)[C@@H]1CCCN1c1ncnc2c1ncn2C1CC1. The minimum absolute atomic E-state index is 0.497. The third kappa shape index (κ3) is 1.65. The lowest BCUT2D eigenvalue weighted by Gasteiger charge is -2.22. The van der Waals surface area contributed by atoms with Gasteiger partial charge in [-0.05, 0) is 25.7 Å². The average Bonchev–Trinajstić information content (AvgIpc) is 3.02. The lowest BCUT2D eigenvalue weighted by Crippen LogP contribution is -2.36. The van der Waals surface area contributed by atoms with Crippen LogP contribution in [0.25, 0.3) is 11.2 Å². The Morgan fingerprint density at radius 2 is 2.10 bits per heavy atom. The third-order valence-electron chi connectivity index (χ3n) is 4.09. The van der Waals surface area contributed by atoms with E-state index in [2.05, 4.69) is 19.5 Å². The second-order valence-corrected chi connectivity index (χ2v) is 5.44. The maximum absolute atomic E-state index is 11.3. The first kappa shape index (κ1) is 11.6. The molecular formula is C13H15N5O2. The quantitative estimate of drug-likeness (QED) is 0.905. The lowest BCUT2D eigenvalue weighted by atomic mass is 10.2. The summed E-state index contributed by atoms with van der Waals surface area (Å²) >= 11 is 0. The van der Waals surface area contributed by atoms with Crippen molar-refractivity contribution in [2.24, 2.45) is 0 Å². The molecule has 7 nitrogen and oxygen atoms in total. The molecule has 1 aliphatic heterocycles. The Hall–Kier alpha value is -2.18. The second-order valence-electron chi connectivity index (χ2n) is 5.44. The summed E-state index contributed by atoms with van der Waals surface area (Å²) in [5.74, 6) is -0.143. The van der Waals surface area contributed by atoms with E-state index >= 15 is 0 Å². The molecule has 1 aliphatic carbocycles. The zero-order valence-electron chi connectivity index (χ0n) is 10.9. The van der Waals surface area contributed by atoms with Crippen LogP contribution in [0, 0.1) is 0 Å². The summed E-state index contributed by atoms with van der Waals surface area (Å²) in [4.78, 5) is 26.2. The predicted octanol–water partition coefficient (Wildman–Crippen LogP) is 1.21. The lowest BCUT2D eigenvalue weighted by molar-refractivity contribution is -0.138. The fourth-order valence-electron chi connectivity index (χ4n) is 2.95. The van der Waals surface area contributed by atoms with Gasteiger partial charge in [0.25, 0.3) is 0 Å². The van der Waals surface area contributed by atoms with Crippen LogP contribution in [-0.4, -0.2) is 43.2 Å². The molecule has 20 heavy (non-hydrogen) atoms. The van der Waals surface area contributed by atoms with Crippen molar-refractivity contribution in [1.29, 1.82) is 0 Å². The number of aromatic nitrogens is 4. The molecule has 0 spiro atoms. The molecule has 0 unspecified atom stereocenters. The molecule has 0 radical (unpaired) electrons. The summed E-state index contributed by atoms with van der Waals surface area (Å²) in [6, 6.07) is -0.00391. The summed E-state index contributed by atoms with van der Waals surface area (Å²) in [6.07, 6.45) is 7.15. The highest BCUT2D eigenvalue weighted by atomic mass is 16.4. The van der Waals surface area contributed by atoms with Gasteiger partial charge in [-0.15, -0.1) is 0 Å². The number of carboxylic acids is 1. The fraction of sp³-hybridized carbons (Fsp3) is 0.538. The topological polar surface area (TPSA) is 84.1 Å². The highest BCUT2D eigenvalue weighted by molar-refractivity contribution is 5.87. The van der Waals surface area contributed by atoms with Gasteiger partial charge in [-0.25, -0.2) is 19.7 Å². The molecule has 3 heterocycles. The van der Waals surface area contributed by atoms with Gasteiger partial charge in [0.1, 0.15) is 12.4 Å². The molecule has 104 valence electrons. The summed E-state index contributed by atoms with van der Waals surface area (Å²) in [5.41, 5.74) is 1.53. The number of rotatable bonds is 3. The van der Waals surface area contributed by atoms with Crippen molar-refractivity contribution in [2.75, 3.05) is 11.4 Å². The molecule has 0 aromatic carbocycles. The number of imidazole rings is 1. The standard InChI is InChI=1S/C13H15N5O2/c19-13(20)9-2-1-5-17(9)11-10-12(15-6-14-11)18(7-16-10)8-3-4-8/h6-9H,1-5H2,(H,19,20)/t9-/m0/s1. The van der Waals surface area contributed by atoms with Crippen LogP contribution in [0.2, 0.25) is 0 Å². The number of nitrogens with zero attached hydrogens (tertiary/aromatic N) is 5. The summed E-state index contributed by atoms with van der Waals surface area (Å²) in [5, 5.41) is 9.31. The first-order valence-electron chi connectivity index (χ1n) is 6.92. The van der Waals surface area contributed by atoms with Gasteiger partial charge in [0.05, 0.1) is 6.33 Å². The van der Waals surface area contributed by atoms with Crippen molar-refractivity contribution in [2.45, 2.75) is 37.8 Å². The molecule has 2 fully saturated rings. The number of carbonyl (C=O) groups is 1. The highest BCUT2D eigenvalue weighted by Crippen LogP contribution is 2.38. The fourth-order valence-corrected chi connectivity index (χ4v) is 2.95. The number of aliphatic carboxylic acids is 1. The smallest absolute Gasteiger partial charge is 0.326 e. The molecule has 2 aromatic rings. The van der Waals surface area contributed by atoms with Gasteiger partial charge in [-0.1, -0.05) is 0 Å². The van der Waals surface area contributed by atoms with Gasteiger partial charge >= 0.3 is 5.97 Å². The molecule has 1 saturated heterocycles. The molecule has 2 aliphatic rings. The Kier molecular flexibility index (Phi) is 2.42. The van der Waals surface area contributed by atoms with E-state index in [1.54, 1.807) is 6.33 Å². The third-order valence-corrected chi connectivity index (χ3v) is 4.09. The van der Waals surface area contributed by atoms with E-state index in [0.717, 1.165) is 24.9 Å². The molecule has 0 bridgehead atoms. The van der Waals surface area contributed by atoms with Crippen molar-refractivity contribution in [1.82, 2.24) is 19.5 Å². The van der Waals surface area contributed by atoms with Crippen LogP contribution in [0.3, 0.4) is 0 Å². The van der Waals surface area contributed by atoms with Crippen molar-refractivity contribution in [3.8, 4) is 0 Å². The Bertz CT molecular complexity index is 678. The van der Waals surface area contributed by atoms with Crippen molar-refractivity contribution >= 4 is 23.0 Å². The van der Waals surface area contributed by atoms with Gasteiger partial charge in [0, 0.05) is 12.6 Å². The Morgan fingerprint density at radius 1 is 1.25 bits per heavy atom. The Balaban J connectivity index is 1.81. The first-order chi connectivity index (χ1) is 9.75. The van der Waals surface area contributed by atoms with E-state index in [1.807, 2.05) is 4.90 Å². The molecule has 1 saturated carbocycles. The summed E-state index contributed by atoms with van der Waals surface area (Å²) in [7, 11) is 0. The molecule has 4 rings (SSSR count). The predicted molar refractivity (Wildman–Crippen MR) is 71.6 cm³/mol. The number of anilines is 1. The monoisotopic (exact) mass is 273 g/mol. The number of hydrogen-bond donors (Lipinski definition) is 1. The summed E-state index contributed by atoms with van der Waals surface area (Å²) in [6.45, 7) is 0.708. The number of carboxylic acid groups (broad SMARTS) is 1. The van der Waals surface area contributed by atoms with Gasteiger partial charge in [-0.2, -0.15) is 0 Å². The largest absolute Gasteiger partial charge is 0.480 e. The molecule has 7 heteroatoms. The van der Waals surface area contributed by atoms with Crippen LogP contribution in [0.15, 0.2) is 12.7 Å². The zero-order valence-corrected chi connectivity index (χ0v) is 10.9. The minimum atomic E-state index is -0.795. The molecule has 1 N–H and O–H groups in total. The van der Waals surface area contributed by atoms with Crippen molar-refractivity contribution < 1.29 is 9.90 Å². The Morgan fingerprint density at radius 3 is 2.85 bits per heavy atom. The van der Waals surface area contributed by atoms with E-state index in [1.165, 1.54) is 6.33 Å². The maximum Gasteiger partial charge on any atom is 0.326 e. The van der Waals surface area contributed by atoms with Gasteiger partial charge < -0.3 is 14.6 Å². The first-order valence-corrected chi connectivity index (χ1v) is 6.92. The molecule has 0 amide bonds. The highest BCUT2D eigenvalue weighted by Gasteiger charge is 2.34. The van der Waals surface area contributed by atoms with E-state index in [4.69, 9.17) is 0 Å². The van der Waals surface area contributed by atoms with Crippen LogP contribution >= 0.6 is 0 Å². The van der Waals surface area contributed by atoms with Gasteiger partial charge in [0.2, 0.25) is 0 Å². The van der Waals surface area contributed by atoms with E-state index in [-0.39, 0.29) is 0 Å². The molecule has 2 aromatic heterocycles. The number of fused-ring (bicyclic) bond motifs is 1. The van der Waals surface area contributed by atoms with E-state index in [0.29, 0.717) is 30.3 Å². The zero-order chi connectivity index (χ0) is 13.7. The van der Waals surface area contributed by atoms with Crippen molar-refractivity contribution in [3.63, 3.8) is 0 Å². The molecular weight excluding hydrogens is 258 g/mol. The van der Waals surface area contributed by atoms with E-state index in [9.17, 15) is 9.90 Å². The van der Waals surface area contributed by atoms with E-state index < -0.39 is 12.0 Å². The van der Waals surface area contributed by atoms with Gasteiger partial charge in [0.15, 0.2) is 17.0 Å². The average molecular weight is 273 g/mol. The second kappa shape index (κ2) is 4.16. The Labute approximate surface area is 115 Å². The van der Waals surface area contributed by atoms with Gasteiger partial charge in [-0.3, -0.25) is 0 Å². The maximum atomic E-state index is 11.3. The van der Waals surface area contributed by atoms with Crippen molar-refractivity contribution in [3.05, 3.63) is 12.7 Å². The van der Waals surface area contributed by atoms with Crippen LogP contribution < -0.4 is 4.90 Å². The van der Waals surface area contributed by atoms with Crippen LogP contribution in [0.4, 0.5) is 5.82 Å². The van der Waals surface area contributed by atoms with Crippen LogP contribution in [-0.2, 0) is 4.79 Å². The minimum Gasteiger partial charge on any atom is -0.480 e. The normalized spacial score (nSPS) is 22.6. The van der Waals surface area contributed by atoms with Crippen LogP contribution in [0.5, 0.6) is 0 Å². The number of hydrogen-bond acceptors (Lipinski definition) is 5. The molecule has 1 atom stereocenters. The summed E-state index contributed by atoms with van der Waals surface area (Å²) < 4.78 is 2.08.